The molecule has 8 nitrogen and oxygen atoms in total. The lowest BCUT2D eigenvalue weighted by Crippen LogP contribution is -2.30. The number of alkyl halides is 3. The molecule has 13 heteroatoms. The van der Waals surface area contributed by atoms with Crippen LogP contribution in [0.15, 0.2) is 51.7 Å². The van der Waals surface area contributed by atoms with E-state index in [0.717, 1.165) is 24.1 Å². The molecule has 5 rings (SSSR count). The summed E-state index contributed by atoms with van der Waals surface area (Å²) in [7, 11) is -5.69. The number of rotatable bonds is 10. The van der Waals surface area contributed by atoms with Crippen molar-refractivity contribution in [2.75, 3.05) is 11.3 Å². The minimum atomic E-state index is -5.69. The number of carbonyl (C=O) groups is 1. The monoisotopic (exact) mass is 652 g/mol. The summed E-state index contributed by atoms with van der Waals surface area (Å²) in [5.41, 5.74) is -1.82. The predicted octanol–water partition coefficient (Wildman–Crippen LogP) is 6.58. The molecule has 3 aliphatic rings. The number of fused-ring (bicyclic) bond motifs is 1. The molecule has 1 fully saturated rings. The molecule has 1 saturated carbocycles. The Morgan fingerprint density at radius 3 is 2.54 bits per heavy atom. The van der Waals surface area contributed by atoms with Crippen LogP contribution >= 0.6 is 15.9 Å². The summed E-state index contributed by atoms with van der Waals surface area (Å²) in [6.07, 6.45) is 6.39. The Balaban J connectivity index is 1.71. The summed E-state index contributed by atoms with van der Waals surface area (Å²) < 4.78 is 73.6. The molecular weight excluding hydrogens is 625 g/mol. The Morgan fingerprint density at radius 2 is 1.88 bits per heavy atom. The largest absolute Gasteiger partial charge is 0.516 e. The number of amides is 1. The molecule has 1 amide bonds. The summed E-state index contributed by atoms with van der Waals surface area (Å²) >= 11 is 3.60. The van der Waals surface area contributed by atoms with Crippen LogP contribution < -0.4 is 10.0 Å². The van der Waals surface area contributed by atoms with E-state index in [1.54, 1.807) is 22.9 Å². The van der Waals surface area contributed by atoms with Crippen LogP contribution in [0, 0.1) is 5.92 Å². The molecule has 1 aromatic carbocycles. The Hall–Kier alpha value is -3.32. The van der Waals surface area contributed by atoms with Crippen LogP contribution in [0.4, 0.5) is 18.9 Å². The standard InChI is InChI=1S/C28H28BrF3N4O4S/c1-3-23-34-22(13-16-9-10-16)26(27(37)33-4-2)36(23)14-19-17-11-12-40-15-20(17)25(29)24(19)18-7-5-6-8-21(18)35-41(38,39)28(30,31)32/h5-8,11-12,15-16,35H,3-4,9-10,13-14H2,1-2H3,(H,33,37). The van der Waals surface area contributed by atoms with Crippen LogP contribution in [0.25, 0.3) is 22.3 Å². The molecule has 2 aromatic rings. The lowest BCUT2D eigenvalue weighted by atomic mass is 10.0. The van der Waals surface area contributed by atoms with Gasteiger partial charge in [-0.3, -0.25) is 9.52 Å². The number of carbonyl (C=O) groups excluding carboxylic acids is 1. The molecule has 0 radical (unpaired) electrons. The fourth-order valence-corrected chi connectivity index (χ4v) is 6.37. The number of aromatic nitrogens is 2. The number of anilines is 1. The third kappa shape index (κ3) is 5.61. The average molecular weight is 654 g/mol. The van der Waals surface area contributed by atoms with Gasteiger partial charge in [-0.25, -0.2) is 4.98 Å². The number of hydrogen-bond acceptors (Lipinski definition) is 5. The van der Waals surface area contributed by atoms with Crippen molar-refractivity contribution in [1.29, 1.82) is 0 Å². The molecule has 1 aliphatic heterocycles. The number of sulfonamides is 1. The molecule has 0 bridgehead atoms. The van der Waals surface area contributed by atoms with Gasteiger partial charge < -0.3 is 14.3 Å². The maximum atomic E-state index is 13.4. The van der Waals surface area contributed by atoms with Crippen LogP contribution in [-0.2, 0) is 29.4 Å². The van der Waals surface area contributed by atoms with Gasteiger partial charge in [-0.05, 0) is 71.3 Å². The molecule has 0 atom stereocenters. The second-order valence-corrected chi connectivity index (χ2v) is 12.4. The van der Waals surface area contributed by atoms with Gasteiger partial charge in [0.1, 0.15) is 11.5 Å². The van der Waals surface area contributed by atoms with Gasteiger partial charge in [0.2, 0.25) is 0 Å². The Labute approximate surface area is 243 Å². The summed E-state index contributed by atoms with van der Waals surface area (Å²) in [6.45, 7) is 4.37. The smallest absolute Gasteiger partial charge is 0.472 e. The third-order valence-corrected chi connectivity index (χ3v) is 9.02. The lowest BCUT2D eigenvalue weighted by molar-refractivity contribution is -0.0429. The number of para-hydroxylation sites is 1. The van der Waals surface area contributed by atoms with Crippen molar-refractivity contribution in [3.63, 3.8) is 0 Å². The van der Waals surface area contributed by atoms with Crippen molar-refractivity contribution in [1.82, 2.24) is 14.9 Å². The first-order valence-corrected chi connectivity index (χ1v) is 15.5. The zero-order valence-electron chi connectivity index (χ0n) is 22.3. The third-order valence-electron chi connectivity index (χ3n) is 7.10. The number of benzene rings is 1. The number of halogens is 4. The minimum Gasteiger partial charge on any atom is -0.472 e. The van der Waals surface area contributed by atoms with E-state index >= 15 is 0 Å². The number of nitrogens with one attached hydrogen (secondary N) is 2. The van der Waals surface area contributed by atoms with E-state index in [9.17, 15) is 26.4 Å². The molecule has 41 heavy (non-hydrogen) atoms. The first kappa shape index (κ1) is 29.2. The van der Waals surface area contributed by atoms with E-state index in [-0.39, 0.29) is 23.7 Å². The second-order valence-electron chi connectivity index (χ2n) is 9.92. The summed E-state index contributed by atoms with van der Waals surface area (Å²) in [6, 6.07) is 7.62. The van der Waals surface area contributed by atoms with E-state index in [1.807, 2.05) is 18.4 Å². The topological polar surface area (TPSA) is 106 Å². The van der Waals surface area contributed by atoms with Gasteiger partial charge in [0.15, 0.2) is 0 Å². The van der Waals surface area contributed by atoms with Crippen molar-refractivity contribution in [2.24, 2.45) is 5.92 Å². The average Bonchev–Trinajstić information content (AvgIpc) is 3.61. The number of hydrogen-bond donors (Lipinski definition) is 2. The van der Waals surface area contributed by atoms with E-state index in [1.165, 1.54) is 24.7 Å². The highest BCUT2D eigenvalue weighted by atomic mass is 79.9. The summed E-state index contributed by atoms with van der Waals surface area (Å²) in [4.78, 5) is 18.2. The predicted molar refractivity (Wildman–Crippen MR) is 152 cm³/mol. The highest BCUT2D eigenvalue weighted by Gasteiger charge is 2.46. The van der Waals surface area contributed by atoms with Gasteiger partial charge in [-0.15, -0.1) is 0 Å². The molecule has 1 aromatic heterocycles. The highest BCUT2D eigenvalue weighted by molar-refractivity contribution is 9.10. The van der Waals surface area contributed by atoms with Crippen LogP contribution in [0.2, 0.25) is 0 Å². The SMILES string of the molecule is CCNC(=O)c1c(CC2CC2)nc(CC)n1Cc1c2ccocc-2c(Br)c1-c1ccccc1NS(=O)(=O)C(F)(F)F. The Kier molecular flexibility index (Phi) is 7.94. The molecule has 2 aliphatic carbocycles. The van der Waals surface area contributed by atoms with Crippen molar-refractivity contribution < 1.29 is 30.8 Å². The Morgan fingerprint density at radius 1 is 1.15 bits per heavy atom. The maximum absolute atomic E-state index is 13.4. The quantitative estimate of drug-likeness (QED) is 0.201. The highest BCUT2D eigenvalue weighted by Crippen LogP contribution is 2.49. The fraction of sp³-hybridized carbons (Fsp3) is 0.357. The molecule has 0 saturated heterocycles. The molecule has 2 N–H and O–H groups in total. The summed E-state index contributed by atoms with van der Waals surface area (Å²) in [5.74, 6) is 0.931. The van der Waals surface area contributed by atoms with Crippen LogP contribution in [0.3, 0.4) is 0 Å². The van der Waals surface area contributed by atoms with Gasteiger partial charge in [-0.1, -0.05) is 25.1 Å². The zero-order valence-corrected chi connectivity index (χ0v) is 24.7. The Bertz CT molecular complexity index is 1680. The number of imidazole rings is 1. The van der Waals surface area contributed by atoms with Crippen molar-refractivity contribution in [3.05, 3.63) is 70.1 Å². The summed E-state index contributed by atoms with van der Waals surface area (Å²) in [5, 5.41) is 2.89. The van der Waals surface area contributed by atoms with Gasteiger partial charge >= 0.3 is 15.5 Å². The van der Waals surface area contributed by atoms with Crippen LogP contribution in [-0.4, -0.2) is 35.9 Å². The zero-order chi connectivity index (χ0) is 29.5. The molecule has 218 valence electrons. The van der Waals surface area contributed by atoms with Gasteiger partial charge in [0.05, 0.1) is 30.5 Å². The van der Waals surface area contributed by atoms with E-state index in [0.29, 0.717) is 58.0 Å². The van der Waals surface area contributed by atoms with Crippen molar-refractivity contribution in [2.45, 2.75) is 51.6 Å². The maximum Gasteiger partial charge on any atom is 0.516 e. The molecule has 0 unspecified atom stereocenters. The first-order chi connectivity index (χ1) is 19.5. The fourth-order valence-electron chi connectivity index (χ4n) is 5.03. The second kappa shape index (κ2) is 11.2. The molecule has 2 heterocycles. The number of aryl methyl sites for hydroxylation is 1. The first-order valence-electron chi connectivity index (χ1n) is 13.2. The van der Waals surface area contributed by atoms with Crippen molar-refractivity contribution >= 4 is 37.5 Å². The molecular formula is C28H28BrF3N4O4S. The number of nitrogens with zero attached hydrogens (tertiary/aromatic N) is 2. The van der Waals surface area contributed by atoms with Gasteiger partial charge in [0, 0.05) is 34.1 Å². The van der Waals surface area contributed by atoms with E-state index < -0.39 is 15.5 Å². The van der Waals surface area contributed by atoms with E-state index in [4.69, 9.17) is 9.40 Å². The van der Waals surface area contributed by atoms with Crippen molar-refractivity contribution in [3.8, 4) is 22.3 Å². The van der Waals surface area contributed by atoms with Gasteiger partial charge in [0.25, 0.3) is 5.91 Å². The van der Waals surface area contributed by atoms with Crippen LogP contribution in [0.5, 0.6) is 0 Å². The normalized spacial score (nSPS) is 14.0. The van der Waals surface area contributed by atoms with E-state index in [2.05, 4.69) is 21.2 Å². The minimum absolute atomic E-state index is 0.162. The van der Waals surface area contributed by atoms with Crippen LogP contribution in [0.1, 0.15) is 54.3 Å². The molecule has 0 spiro atoms. The lowest BCUT2D eigenvalue weighted by Gasteiger charge is -2.17. The van der Waals surface area contributed by atoms with Gasteiger partial charge in [-0.2, -0.15) is 21.6 Å².